The van der Waals surface area contributed by atoms with Crippen molar-refractivity contribution < 1.29 is 74.6 Å². The number of alkyl halides is 17. The number of hydrogen-bond donors (Lipinski definition) is 0. The van der Waals surface area contributed by atoms with Crippen LogP contribution in [0.1, 0.15) is 12.8 Å². The second-order valence-corrected chi connectivity index (χ2v) is 11.8. The van der Waals surface area contributed by atoms with Crippen LogP contribution in [0.5, 0.6) is 0 Å². The molecule has 0 spiro atoms. The Bertz CT molecular complexity index is 842. The van der Waals surface area contributed by atoms with Crippen molar-refractivity contribution in [3.63, 3.8) is 0 Å². The highest BCUT2D eigenvalue weighted by Crippen LogP contribution is 2.60. The zero-order valence-electron chi connectivity index (χ0n) is 21.1. The molecule has 244 valence electrons. The van der Waals surface area contributed by atoms with Crippen molar-refractivity contribution in [2.45, 2.75) is 135 Å². The topological polar surface area (TPSA) is 0 Å². The molecule has 4 aliphatic rings. The third-order valence-electron chi connectivity index (χ3n) is 9.58. The molecule has 42 heavy (non-hydrogen) atoms. The van der Waals surface area contributed by atoms with Crippen molar-refractivity contribution >= 4 is 6.71 Å². The van der Waals surface area contributed by atoms with Crippen molar-refractivity contribution in [2.24, 2.45) is 11.8 Å². The van der Waals surface area contributed by atoms with Gasteiger partial charge in [0.25, 0.3) is 0 Å². The van der Waals surface area contributed by atoms with Crippen LogP contribution in [-0.4, -0.2) is 112 Å². The molecule has 0 amide bonds. The summed E-state index contributed by atoms with van der Waals surface area (Å²) in [5.74, 6) is -16.5. The first-order valence-electron chi connectivity index (χ1n) is 13.3. The minimum atomic E-state index is -3.80. The third-order valence-corrected chi connectivity index (χ3v) is 9.58. The summed E-state index contributed by atoms with van der Waals surface area (Å²) in [6.45, 7) is -3.30. The molecule has 18 heteroatoms. The highest BCUT2D eigenvalue weighted by molar-refractivity contribution is 6.65. The van der Waals surface area contributed by atoms with Crippen LogP contribution in [-0.2, 0) is 0 Å². The number of halogens is 17. The molecule has 4 saturated carbocycles. The van der Waals surface area contributed by atoms with Gasteiger partial charge in [-0.1, -0.05) is 0 Å². The molecular weight excluding hydrogens is 622 g/mol. The molecule has 2 unspecified atom stereocenters. The molecule has 0 saturated heterocycles. The van der Waals surface area contributed by atoms with Crippen LogP contribution in [0, 0.1) is 11.8 Å². The lowest BCUT2D eigenvalue weighted by Gasteiger charge is -2.54. The van der Waals surface area contributed by atoms with Crippen molar-refractivity contribution in [3.8, 4) is 0 Å². The van der Waals surface area contributed by atoms with E-state index in [0.29, 0.717) is 0 Å². The Kier molecular flexibility index (Phi) is 9.92. The van der Waals surface area contributed by atoms with Gasteiger partial charge in [0.2, 0.25) is 0 Å². The molecule has 4 fully saturated rings. The van der Waals surface area contributed by atoms with Crippen LogP contribution in [0.4, 0.5) is 74.6 Å². The van der Waals surface area contributed by atoms with Gasteiger partial charge < -0.3 is 0 Å². The molecular formula is C24H26BF17. The summed E-state index contributed by atoms with van der Waals surface area (Å²) in [5.41, 5.74) is 0. The summed E-state index contributed by atoms with van der Waals surface area (Å²) in [5, 5.41) is 0. The van der Waals surface area contributed by atoms with Gasteiger partial charge in [0, 0.05) is 36.3 Å². The maximum atomic E-state index is 15.7. The first kappa shape index (κ1) is 33.8. The molecule has 4 rings (SSSR count). The van der Waals surface area contributed by atoms with Gasteiger partial charge in [-0.25, -0.2) is 74.6 Å². The summed E-state index contributed by atoms with van der Waals surface area (Å²) in [6.07, 6.45) is -62.4. The van der Waals surface area contributed by atoms with E-state index in [1.807, 2.05) is 0 Å². The van der Waals surface area contributed by atoms with Crippen molar-refractivity contribution in [1.29, 1.82) is 0 Å². The summed E-state index contributed by atoms with van der Waals surface area (Å²) in [7, 11) is 0. The molecule has 0 bridgehead atoms. The lowest BCUT2D eigenvalue weighted by molar-refractivity contribution is -0.141. The van der Waals surface area contributed by atoms with Crippen molar-refractivity contribution in [2.75, 3.05) is 0 Å². The van der Waals surface area contributed by atoms with E-state index in [1.54, 1.807) is 0 Å². The summed E-state index contributed by atoms with van der Waals surface area (Å²) >= 11 is 0. The van der Waals surface area contributed by atoms with E-state index in [9.17, 15) is 39.5 Å². The van der Waals surface area contributed by atoms with Crippen molar-refractivity contribution in [1.82, 2.24) is 0 Å². The van der Waals surface area contributed by atoms with E-state index in [1.165, 1.54) is 0 Å². The Balaban J connectivity index is 1.96. The fraction of sp³-hybridized carbons (Fsp3) is 1.00. The zero-order valence-corrected chi connectivity index (χ0v) is 21.1. The Morgan fingerprint density at radius 3 is 0.857 bits per heavy atom. The standard InChI is InChI=1S/C24H26BF17/c26-3-1-4(27)13(31)10(12(3)30)25(11-14(32)5(28)2-6(29)15(11)33)9-7(16(34)20(38)23(41)19(9)37)8-17(35)21(39)24(42)22(40)18(8)36/h3-24H,1-2H2/t3-,4-,5-,6-,7+,8?,9?,12-,13-,14-,15-,16+,17+,18+,19+,20?,21+,22+,23+,24?/m1/s1. The fourth-order valence-electron chi connectivity index (χ4n) is 7.57. The lowest BCUT2D eigenvalue weighted by atomic mass is 9.20. The van der Waals surface area contributed by atoms with E-state index < -0.39 is 154 Å². The average molecular weight is 648 g/mol. The van der Waals surface area contributed by atoms with Gasteiger partial charge in [-0.3, -0.25) is 0 Å². The van der Waals surface area contributed by atoms with Crippen LogP contribution >= 0.6 is 0 Å². The molecule has 0 aliphatic heterocycles. The number of rotatable bonds is 4. The Morgan fingerprint density at radius 2 is 0.524 bits per heavy atom. The summed E-state index contributed by atoms with van der Waals surface area (Å²) < 4.78 is 252. The van der Waals surface area contributed by atoms with Crippen LogP contribution in [0.2, 0.25) is 17.5 Å². The highest BCUT2D eigenvalue weighted by Gasteiger charge is 2.70. The smallest absolute Gasteiger partial charge is 0.168 e. The lowest BCUT2D eigenvalue weighted by Crippen LogP contribution is -2.66. The zero-order chi connectivity index (χ0) is 31.7. The summed E-state index contributed by atoms with van der Waals surface area (Å²) in [6, 6.07) is 0. The van der Waals surface area contributed by atoms with Crippen molar-refractivity contribution in [3.05, 3.63) is 0 Å². The molecule has 0 aromatic heterocycles. The van der Waals surface area contributed by atoms with Gasteiger partial charge in [-0.2, -0.15) is 0 Å². The second-order valence-electron chi connectivity index (χ2n) is 11.8. The minimum absolute atomic E-state index is 1.55. The molecule has 0 aromatic carbocycles. The van der Waals surface area contributed by atoms with E-state index in [2.05, 4.69) is 0 Å². The Morgan fingerprint density at radius 1 is 0.262 bits per heavy atom. The maximum Gasteiger partial charge on any atom is 0.168 e. The van der Waals surface area contributed by atoms with Gasteiger partial charge in [0.15, 0.2) is 37.6 Å². The number of hydrogen-bond acceptors (Lipinski definition) is 0. The molecule has 18 atom stereocenters. The summed E-state index contributed by atoms with van der Waals surface area (Å²) in [4.78, 5) is 0. The van der Waals surface area contributed by atoms with E-state index in [0.717, 1.165) is 0 Å². The first-order valence-corrected chi connectivity index (χ1v) is 13.3. The Labute approximate surface area is 229 Å². The molecule has 4 aliphatic carbocycles. The van der Waals surface area contributed by atoms with Crippen LogP contribution < -0.4 is 0 Å². The maximum absolute atomic E-state index is 15.7. The quantitative estimate of drug-likeness (QED) is 0.220. The van der Waals surface area contributed by atoms with Gasteiger partial charge in [0.05, 0.1) is 0 Å². The normalized spacial score (nSPS) is 59.4. The molecule has 0 aromatic rings. The van der Waals surface area contributed by atoms with Crippen LogP contribution in [0.3, 0.4) is 0 Å². The van der Waals surface area contributed by atoms with Crippen LogP contribution in [0.15, 0.2) is 0 Å². The van der Waals surface area contributed by atoms with E-state index in [4.69, 9.17) is 0 Å². The minimum Gasteiger partial charge on any atom is -0.245 e. The SMILES string of the molecule is FC1[C@@H](F)[C@@H](C2[C@H](F)[C@H](F)C(F)[C@@H](F)[C@H]2F)C(B(C2[C@H](F)[C@H](F)C[C@@H](F)[C@H]2F)C2[C@H](F)[C@H](F)C[C@@H](F)[C@H]2F)[C@H](F)[C@@H]1F. The second kappa shape index (κ2) is 12.3. The molecule has 0 radical (unpaired) electrons. The highest BCUT2D eigenvalue weighted by atomic mass is 19.2. The predicted molar refractivity (Wildman–Crippen MR) is 116 cm³/mol. The first-order chi connectivity index (χ1) is 19.4. The average Bonchev–Trinajstić information content (AvgIpc) is 2.94. The predicted octanol–water partition coefficient (Wildman–Crippen LogP) is 7.41. The monoisotopic (exact) mass is 648 g/mol. The Hall–Kier alpha value is -1.13. The van der Waals surface area contributed by atoms with Gasteiger partial charge in [0.1, 0.15) is 74.1 Å². The van der Waals surface area contributed by atoms with Gasteiger partial charge >= 0.3 is 0 Å². The van der Waals surface area contributed by atoms with E-state index in [-0.39, 0.29) is 0 Å². The van der Waals surface area contributed by atoms with Gasteiger partial charge in [-0.15, -0.1) is 0 Å². The molecule has 0 heterocycles. The third kappa shape index (κ3) is 5.27. The fourth-order valence-corrected chi connectivity index (χ4v) is 7.57. The van der Waals surface area contributed by atoms with Crippen LogP contribution in [0.25, 0.3) is 0 Å². The molecule has 0 N–H and O–H groups in total. The molecule has 0 nitrogen and oxygen atoms in total. The van der Waals surface area contributed by atoms with Gasteiger partial charge in [-0.05, 0) is 5.82 Å². The largest absolute Gasteiger partial charge is 0.245 e. The van der Waals surface area contributed by atoms with E-state index >= 15 is 35.1 Å².